The highest BCUT2D eigenvalue weighted by Gasteiger charge is 2.37. The summed E-state index contributed by atoms with van der Waals surface area (Å²) in [4.78, 5) is 12.1. The molecule has 0 saturated carbocycles. The number of fused-ring (bicyclic) bond motifs is 1. The quantitative estimate of drug-likeness (QED) is 0.682. The number of aryl methyl sites for hydroxylation is 1. The third kappa shape index (κ3) is 2.93. The van der Waals surface area contributed by atoms with Crippen molar-refractivity contribution in [2.24, 2.45) is 0 Å². The second-order valence-corrected chi connectivity index (χ2v) is 6.49. The van der Waals surface area contributed by atoms with Crippen LogP contribution in [0.4, 0.5) is 16.2 Å². The maximum absolute atomic E-state index is 12.1. The monoisotopic (exact) mass is 334 g/mol. The standard InChI is InChI=1S/C20H22N4O/c1-3-6-18-19-13-23(24(18)19)16-11-9-15(10-12-16)21-20(25)22-17-8-5-4-7-14(17)2/h4-5,7-13,18H,3,6H2,1-2H3,(H2,21,22,25). The number of hydrogen-bond donors (Lipinski definition) is 2. The van der Waals surface area contributed by atoms with Gasteiger partial charge in [-0.3, -0.25) is 9.36 Å². The number of para-hydroxylation sites is 1. The van der Waals surface area contributed by atoms with Crippen molar-refractivity contribution in [3.05, 3.63) is 66.0 Å². The van der Waals surface area contributed by atoms with Crippen LogP contribution in [0.5, 0.6) is 0 Å². The number of urea groups is 1. The second kappa shape index (κ2) is 6.16. The van der Waals surface area contributed by atoms with Crippen LogP contribution in [0.1, 0.15) is 37.1 Å². The summed E-state index contributed by atoms with van der Waals surface area (Å²) in [5, 5.41) is 5.75. The summed E-state index contributed by atoms with van der Waals surface area (Å²) >= 11 is 0. The van der Waals surface area contributed by atoms with Crippen LogP contribution < -0.4 is 10.6 Å². The van der Waals surface area contributed by atoms with Gasteiger partial charge in [0.1, 0.15) is 0 Å². The van der Waals surface area contributed by atoms with E-state index in [9.17, 15) is 4.79 Å². The Kier molecular flexibility index (Phi) is 3.84. The highest BCUT2D eigenvalue weighted by Crippen LogP contribution is 2.42. The molecule has 25 heavy (non-hydrogen) atoms. The van der Waals surface area contributed by atoms with Gasteiger partial charge in [0, 0.05) is 11.4 Å². The SMILES string of the molecule is CCCC1c2cn(-c3ccc(NC(=O)Nc4ccccc4C)cc3)n21. The van der Waals surface area contributed by atoms with Crippen molar-refractivity contribution in [1.82, 2.24) is 9.36 Å². The molecule has 1 atom stereocenters. The van der Waals surface area contributed by atoms with Crippen LogP contribution >= 0.6 is 0 Å². The molecule has 2 amide bonds. The van der Waals surface area contributed by atoms with Gasteiger partial charge in [-0.2, -0.15) is 0 Å². The van der Waals surface area contributed by atoms with Gasteiger partial charge < -0.3 is 10.6 Å². The molecule has 5 nitrogen and oxygen atoms in total. The van der Waals surface area contributed by atoms with E-state index in [4.69, 9.17) is 0 Å². The molecule has 0 saturated heterocycles. The predicted octanol–water partition coefficient (Wildman–Crippen LogP) is 4.93. The topological polar surface area (TPSA) is 51.0 Å². The summed E-state index contributed by atoms with van der Waals surface area (Å²) in [5.74, 6) is 0. The van der Waals surface area contributed by atoms with Gasteiger partial charge >= 0.3 is 6.03 Å². The van der Waals surface area contributed by atoms with Crippen LogP contribution in [0.25, 0.3) is 5.69 Å². The van der Waals surface area contributed by atoms with Gasteiger partial charge in [-0.25, -0.2) is 4.79 Å². The lowest BCUT2D eigenvalue weighted by molar-refractivity contribution is 0.262. The Labute approximate surface area is 147 Å². The van der Waals surface area contributed by atoms with E-state index >= 15 is 0 Å². The molecular weight excluding hydrogens is 312 g/mol. The summed E-state index contributed by atoms with van der Waals surface area (Å²) < 4.78 is 4.49. The number of hydrogen-bond acceptors (Lipinski definition) is 1. The van der Waals surface area contributed by atoms with Gasteiger partial charge in [-0.1, -0.05) is 31.5 Å². The first-order chi connectivity index (χ1) is 12.2. The van der Waals surface area contributed by atoms with Crippen molar-refractivity contribution >= 4 is 17.4 Å². The summed E-state index contributed by atoms with van der Waals surface area (Å²) in [6.07, 6.45) is 4.60. The number of amides is 2. The Balaban J connectivity index is 1.38. The first-order valence-electron chi connectivity index (χ1n) is 8.71. The second-order valence-electron chi connectivity index (χ2n) is 6.49. The summed E-state index contributed by atoms with van der Waals surface area (Å²) in [6.45, 7) is 4.19. The zero-order valence-corrected chi connectivity index (χ0v) is 14.5. The van der Waals surface area contributed by atoms with Crippen LogP contribution in [-0.4, -0.2) is 15.4 Å². The molecule has 5 heteroatoms. The molecule has 1 unspecified atom stereocenters. The Morgan fingerprint density at radius 3 is 2.56 bits per heavy atom. The molecule has 2 heterocycles. The lowest BCUT2D eigenvalue weighted by Crippen LogP contribution is -2.19. The number of rotatable bonds is 5. The molecule has 4 rings (SSSR count). The number of nitrogens with one attached hydrogen (secondary N) is 2. The van der Waals surface area contributed by atoms with E-state index in [1.807, 2.05) is 55.5 Å². The van der Waals surface area contributed by atoms with Crippen LogP contribution in [0, 0.1) is 6.92 Å². The smallest absolute Gasteiger partial charge is 0.308 e. The number of nitrogens with zero attached hydrogens (tertiary/aromatic N) is 2. The molecule has 0 aliphatic carbocycles. The zero-order chi connectivity index (χ0) is 17.4. The fourth-order valence-electron chi connectivity index (χ4n) is 3.23. The summed E-state index contributed by atoms with van der Waals surface area (Å²) in [5.41, 5.74) is 5.18. The van der Waals surface area contributed by atoms with Crippen molar-refractivity contribution in [3.63, 3.8) is 0 Å². The zero-order valence-electron chi connectivity index (χ0n) is 14.5. The molecule has 2 N–H and O–H groups in total. The van der Waals surface area contributed by atoms with Crippen molar-refractivity contribution in [2.45, 2.75) is 32.7 Å². The van der Waals surface area contributed by atoms with E-state index < -0.39 is 0 Å². The molecule has 1 aliphatic rings. The minimum atomic E-state index is -0.234. The van der Waals surface area contributed by atoms with Crippen molar-refractivity contribution in [1.29, 1.82) is 0 Å². The van der Waals surface area contributed by atoms with E-state index in [-0.39, 0.29) is 6.03 Å². The number of aromatic nitrogens is 2. The Morgan fingerprint density at radius 2 is 1.84 bits per heavy atom. The van der Waals surface area contributed by atoms with Crippen LogP contribution in [-0.2, 0) is 0 Å². The highest BCUT2D eigenvalue weighted by atomic mass is 16.2. The lowest BCUT2D eigenvalue weighted by Gasteiger charge is -2.12. The van der Waals surface area contributed by atoms with Crippen LogP contribution in [0.3, 0.4) is 0 Å². The van der Waals surface area contributed by atoms with Gasteiger partial charge in [0.15, 0.2) is 0 Å². The molecule has 3 aromatic rings. The number of carbonyl (C=O) groups excluding carboxylic acids is 1. The Hall–Kier alpha value is -2.95. The van der Waals surface area contributed by atoms with E-state index in [2.05, 4.69) is 33.1 Å². The molecule has 0 bridgehead atoms. The van der Waals surface area contributed by atoms with Crippen LogP contribution in [0.15, 0.2) is 54.7 Å². The van der Waals surface area contributed by atoms with Crippen molar-refractivity contribution in [3.8, 4) is 5.69 Å². The molecule has 2 aromatic carbocycles. The van der Waals surface area contributed by atoms with Crippen LogP contribution in [0.2, 0.25) is 0 Å². The Bertz CT molecular complexity index is 904. The van der Waals surface area contributed by atoms with E-state index in [1.54, 1.807) is 0 Å². The molecular formula is C20H22N4O. The number of benzene rings is 2. The molecule has 1 aromatic heterocycles. The largest absolute Gasteiger partial charge is 0.323 e. The lowest BCUT2D eigenvalue weighted by atomic mass is 10.2. The summed E-state index contributed by atoms with van der Waals surface area (Å²) in [7, 11) is 0. The number of carbonyl (C=O) groups is 1. The Morgan fingerprint density at radius 1 is 1.08 bits per heavy atom. The third-order valence-electron chi connectivity index (χ3n) is 4.67. The predicted molar refractivity (Wildman–Crippen MR) is 101 cm³/mol. The van der Waals surface area contributed by atoms with E-state index in [0.29, 0.717) is 6.04 Å². The summed E-state index contributed by atoms with van der Waals surface area (Å²) in [6, 6.07) is 16.0. The van der Waals surface area contributed by atoms with E-state index in [0.717, 1.165) is 22.6 Å². The van der Waals surface area contributed by atoms with Gasteiger partial charge in [-0.05, 0) is 49.2 Å². The average Bonchev–Trinajstić information content (AvgIpc) is 3.13. The first kappa shape index (κ1) is 15.6. The highest BCUT2D eigenvalue weighted by molar-refractivity contribution is 6.00. The maximum atomic E-state index is 12.1. The van der Waals surface area contributed by atoms with Crippen molar-refractivity contribution in [2.75, 3.05) is 10.6 Å². The minimum absolute atomic E-state index is 0.234. The van der Waals surface area contributed by atoms with Gasteiger partial charge in [0.2, 0.25) is 0 Å². The maximum Gasteiger partial charge on any atom is 0.323 e. The number of anilines is 2. The molecule has 0 fully saturated rings. The average molecular weight is 334 g/mol. The molecule has 128 valence electrons. The third-order valence-corrected chi connectivity index (χ3v) is 4.67. The fourth-order valence-corrected chi connectivity index (χ4v) is 3.23. The molecule has 0 spiro atoms. The van der Waals surface area contributed by atoms with Crippen molar-refractivity contribution < 1.29 is 4.79 Å². The van der Waals surface area contributed by atoms with Gasteiger partial charge in [-0.15, -0.1) is 0 Å². The minimum Gasteiger partial charge on any atom is -0.308 e. The van der Waals surface area contributed by atoms with E-state index in [1.165, 1.54) is 18.5 Å². The fraction of sp³-hybridized carbons (Fsp3) is 0.250. The molecule has 0 radical (unpaired) electrons. The van der Waals surface area contributed by atoms with Gasteiger partial charge in [0.25, 0.3) is 0 Å². The normalized spacial score (nSPS) is 14.9. The first-order valence-corrected chi connectivity index (χ1v) is 8.71. The molecule has 1 aliphatic heterocycles. The van der Waals surface area contributed by atoms with Gasteiger partial charge in [0.05, 0.1) is 23.6 Å².